The number of amides is 1. The van der Waals surface area contributed by atoms with Crippen molar-refractivity contribution in [2.24, 2.45) is 5.41 Å². The van der Waals surface area contributed by atoms with Crippen LogP contribution in [0.5, 0.6) is 0 Å². The van der Waals surface area contributed by atoms with Gasteiger partial charge in [-0.1, -0.05) is 12.5 Å². The van der Waals surface area contributed by atoms with Gasteiger partial charge >= 0.3 is 5.97 Å². The van der Waals surface area contributed by atoms with E-state index in [-0.39, 0.29) is 12.3 Å². The van der Waals surface area contributed by atoms with Gasteiger partial charge in [-0.15, -0.1) is 0 Å². The van der Waals surface area contributed by atoms with Gasteiger partial charge in [-0.05, 0) is 37.5 Å². The zero-order valence-electron chi connectivity index (χ0n) is 10.7. The van der Waals surface area contributed by atoms with Gasteiger partial charge in [-0.2, -0.15) is 0 Å². The van der Waals surface area contributed by atoms with Crippen LogP contribution in [0.3, 0.4) is 0 Å². The molecule has 1 aliphatic carbocycles. The average Bonchev–Trinajstić information content (AvgIpc) is 2.28. The first-order valence-electron chi connectivity index (χ1n) is 6.22. The number of carbonyl (C=O) groups excluding carboxylic acids is 1. The van der Waals surface area contributed by atoms with Crippen molar-refractivity contribution in [3.05, 3.63) is 29.6 Å². The molecule has 0 spiro atoms. The standard InChI is InChI=1S/C14H16FNO3/c1-9-3-4-10(7-11(9)15)16-12(17)8-14(13(18)19)5-2-6-14/h3-4,7H,2,5-6,8H2,1H3,(H,16,17)(H,18,19). The zero-order chi connectivity index (χ0) is 14.0. The van der Waals surface area contributed by atoms with E-state index in [1.165, 1.54) is 6.07 Å². The summed E-state index contributed by atoms with van der Waals surface area (Å²) in [5, 5.41) is 11.7. The molecule has 1 fully saturated rings. The second-order valence-corrected chi connectivity index (χ2v) is 5.13. The van der Waals surface area contributed by atoms with Crippen LogP contribution >= 0.6 is 0 Å². The van der Waals surface area contributed by atoms with Crippen LogP contribution in [0.15, 0.2) is 18.2 Å². The van der Waals surface area contributed by atoms with Gasteiger partial charge in [0.15, 0.2) is 0 Å². The molecule has 0 aromatic heterocycles. The molecule has 0 aliphatic heterocycles. The number of carbonyl (C=O) groups is 2. The topological polar surface area (TPSA) is 66.4 Å². The highest BCUT2D eigenvalue weighted by Gasteiger charge is 2.45. The molecule has 0 bridgehead atoms. The van der Waals surface area contributed by atoms with Crippen molar-refractivity contribution < 1.29 is 19.1 Å². The Balaban J connectivity index is 2.01. The summed E-state index contributed by atoms with van der Waals surface area (Å²) < 4.78 is 13.3. The summed E-state index contributed by atoms with van der Waals surface area (Å²) >= 11 is 0. The molecule has 0 radical (unpaired) electrons. The Hall–Kier alpha value is -1.91. The third-order valence-corrected chi connectivity index (χ3v) is 3.72. The third-order valence-electron chi connectivity index (χ3n) is 3.72. The molecular formula is C14H16FNO3. The van der Waals surface area contributed by atoms with Gasteiger partial charge in [-0.25, -0.2) is 4.39 Å². The summed E-state index contributed by atoms with van der Waals surface area (Å²) in [6, 6.07) is 4.41. The van der Waals surface area contributed by atoms with Crippen molar-refractivity contribution in [2.45, 2.75) is 32.6 Å². The number of carboxylic acids is 1. The molecule has 0 unspecified atom stereocenters. The summed E-state index contributed by atoms with van der Waals surface area (Å²) in [5.41, 5.74) is -0.0696. The van der Waals surface area contributed by atoms with Crippen LogP contribution in [0.1, 0.15) is 31.2 Å². The predicted octanol–water partition coefficient (Wildman–Crippen LogP) is 2.72. The minimum absolute atomic E-state index is 0.0577. The maximum absolute atomic E-state index is 13.3. The molecule has 5 heteroatoms. The first kappa shape index (κ1) is 13.5. The molecule has 1 saturated carbocycles. The molecule has 0 saturated heterocycles. The minimum Gasteiger partial charge on any atom is -0.481 e. The summed E-state index contributed by atoms with van der Waals surface area (Å²) in [7, 11) is 0. The molecule has 19 heavy (non-hydrogen) atoms. The van der Waals surface area contributed by atoms with Gasteiger partial charge in [0.05, 0.1) is 5.41 Å². The zero-order valence-corrected chi connectivity index (χ0v) is 10.7. The van der Waals surface area contributed by atoms with Crippen molar-refractivity contribution >= 4 is 17.6 Å². The fourth-order valence-electron chi connectivity index (χ4n) is 2.25. The monoisotopic (exact) mass is 265 g/mol. The lowest BCUT2D eigenvalue weighted by molar-refractivity contribution is -0.157. The summed E-state index contributed by atoms with van der Waals surface area (Å²) in [6.07, 6.45) is 1.83. The number of nitrogens with one attached hydrogen (secondary N) is 1. The number of halogens is 1. The van der Waals surface area contributed by atoms with E-state index in [0.29, 0.717) is 24.1 Å². The van der Waals surface area contributed by atoms with Crippen molar-refractivity contribution in [3.8, 4) is 0 Å². The first-order chi connectivity index (χ1) is 8.93. The van der Waals surface area contributed by atoms with Crippen LogP contribution in [0.25, 0.3) is 0 Å². The second-order valence-electron chi connectivity index (χ2n) is 5.13. The second kappa shape index (κ2) is 4.99. The molecule has 1 aromatic carbocycles. The van der Waals surface area contributed by atoms with Crippen molar-refractivity contribution in [1.29, 1.82) is 0 Å². The van der Waals surface area contributed by atoms with Crippen LogP contribution in [0.2, 0.25) is 0 Å². The minimum atomic E-state index is -0.927. The maximum atomic E-state index is 13.3. The molecule has 2 rings (SSSR count). The number of aliphatic carboxylic acids is 1. The van der Waals surface area contributed by atoms with E-state index in [0.717, 1.165) is 6.42 Å². The van der Waals surface area contributed by atoms with E-state index in [2.05, 4.69) is 5.32 Å². The van der Waals surface area contributed by atoms with Gasteiger partial charge in [0, 0.05) is 12.1 Å². The largest absolute Gasteiger partial charge is 0.481 e. The van der Waals surface area contributed by atoms with Crippen molar-refractivity contribution in [2.75, 3.05) is 5.32 Å². The number of benzene rings is 1. The molecule has 2 N–H and O–H groups in total. The van der Waals surface area contributed by atoms with Crippen molar-refractivity contribution in [1.82, 2.24) is 0 Å². The highest BCUT2D eigenvalue weighted by atomic mass is 19.1. The fraction of sp³-hybridized carbons (Fsp3) is 0.429. The van der Waals surface area contributed by atoms with E-state index in [1.54, 1.807) is 19.1 Å². The van der Waals surface area contributed by atoms with E-state index >= 15 is 0 Å². The summed E-state index contributed by atoms with van der Waals surface area (Å²) in [5.74, 6) is -1.70. The predicted molar refractivity (Wildman–Crippen MR) is 68.3 cm³/mol. The van der Waals surface area contributed by atoms with Crippen LogP contribution in [0, 0.1) is 18.2 Å². The molecule has 4 nitrogen and oxygen atoms in total. The van der Waals surface area contributed by atoms with Crippen LogP contribution in [-0.2, 0) is 9.59 Å². The third kappa shape index (κ3) is 2.75. The lowest BCUT2D eigenvalue weighted by atomic mass is 9.66. The molecule has 1 aliphatic rings. The lowest BCUT2D eigenvalue weighted by Crippen LogP contribution is -2.41. The Morgan fingerprint density at radius 3 is 2.58 bits per heavy atom. The highest BCUT2D eigenvalue weighted by molar-refractivity contribution is 5.94. The molecule has 1 amide bonds. The molecule has 102 valence electrons. The van der Waals surface area contributed by atoms with Crippen LogP contribution in [0.4, 0.5) is 10.1 Å². The Labute approximate surface area is 110 Å². The normalized spacial score (nSPS) is 16.5. The van der Waals surface area contributed by atoms with Crippen LogP contribution < -0.4 is 5.32 Å². The van der Waals surface area contributed by atoms with E-state index in [9.17, 15) is 14.0 Å². The Bertz CT molecular complexity index is 523. The number of anilines is 1. The Kier molecular flexibility index (Phi) is 3.55. The quantitative estimate of drug-likeness (QED) is 0.879. The van der Waals surface area contributed by atoms with Gasteiger partial charge in [0.2, 0.25) is 5.91 Å². The lowest BCUT2D eigenvalue weighted by Gasteiger charge is -2.36. The molecule has 0 atom stereocenters. The van der Waals surface area contributed by atoms with Gasteiger partial charge in [0.25, 0.3) is 0 Å². The van der Waals surface area contributed by atoms with E-state index in [4.69, 9.17) is 5.11 Å². The Morgan fingerprint density at radius 2 is 2.11 bits per heavy atom. The van der Waals surface area contributed by atoms with Gasteiger partial charge in [-0.3, -0.25) is 9.59 Å². The number of carboxylic acid groups (broad SMARTS) is 1. The molecule has 0 heterocycles. The van der Waals surface area contributed by atoms with Gasteiger partial charge in [0.1, 0.15) is 5.82 Å². The van der Waals surface area contributed by atoms with E-state index in [1.807, 2.05) is 0 Å². The summed E-state index contributed by atoms with van der Waals surface area (Å²) in [6.45, 7) is 1.63. The fourth-order valence-corrected chi connectivity index (χ4v) is 2.25. The number of hydrogen-bond donors (Lipinski definition) is 2. The number of hydrogen-bond acceptors (Lipinski definition) is 2. The smallest absolute Gasteiger partial charge is 0.310 e. The number of aryl methyl sites for hydroxylation is 1. The Morgan fingerprint density at radius 1 is 1.42 bits per heavy atom. The first-order valence-corrected chi connectivity index (χ1v) is 6.22. The van der Waals surface area contributed by atoms with Gasteiger partial charge < -0.3 is 10.4 Å². The maximum Gasteiger partial charge on any atom is 0.310 e. The molecule has 1 aromatic rings. The summed E-state index contributed by atoms with van der Waals surface area (Å²) in [4.78, 5) is 23.0. The average molecular weight is 265 g/mol. The molecular weight excluding hydrogens is 249 g/mol. The van der Waals surface area contributed by atoms with Crippen LogP contribution in [-0.4, -0.2) is 17.0 Å². The highest BCUT2D eigenvalue weighted by Crippen LogP contribution is 2.44. The number of rotatable bonds is 4. The SMILES string of the molecule is Cc1ccc(NC(=O)CC2(C(=O)O)CCC2)cc1F. The van der Waals surface area contributed by atoms with Crippen molar-refractivity contribution in [3.63, 3.8) is 0 Å². The van der Waals surface area contributed by atoms with E-state index < -0.39 is 17.2 Å².